The van der Waals surface area contributed by atoms with Crippen LogP contribution in [0, 0.1) is 11.8 Å². The van der Waals surface area contributed by atoms with E-state index < -0.39 is 9.84 Å². The van der Waals surface area contributed by atoms with Crippen LogP contribution in [0.1, 0.15) is 20.3 Å². The molecule has 3 aromatic rings. The second-order valence-electron chi connectivity index (χ2n) is 7.27. The van der Waals surface area contributed by atoms with Gasteiger partial charge in [0.2, 0.25) is 20.7 Å². The summed E-state index contributed by atoms with van der Waals surface area (Å²) in [5.41, 5.74) is 0. The lowest BCUT2D eigenvalue weighted by Gasteiger charge is -2.34. The van der Waals surface area contributed by atoms with Gasteiger partial charge in [0.25, 0.3) is 5.89 Å². The Kier molecular flexibility index (Phi) is 4.55. The SMILES string of the molecule is C[C@H]1C[C@H](C)CN(c2oc(-c3ccco3)nc2S(=O)(=O)c2ccccc2)C1. The average molecular weight is 386 g/mol. The molecule has 0 spiro atoms. The quantitative estimate of drug-likeness (QED) is 0.667. The van der Waals surface area contributed by atoms with Gasteiger partial charge in [-0.2, -0.15) is 4.98 Å². The van der Waals surface area contributed by atoms with Gasteiger partial charge in [-0.15, -0.1) is 0 Å². The van der Waals surface area contributed by atoms with Crippen LogP contribution in [-0.2, 0) is 9.84 Å². The minimum absolute atomic E-state index is 0.0543. The Morgan fingerprint density at radius 2 is 1.74 bits per heavy atom. The molecule has 0 unspecified atom stereocenters. The van der Waals surface area contributed by atoms with E-state index in [1.807, 2.05) is 4.90 Å². The summed E-state index contributed by atoms with van der Waals surface area (Å²) in [5, 5.41) is -0.0543. The number of furan rings is 1. The van der Waals surface area contributed by atoms with Crippen LogP contribution in [0.2, 0.25) is 0 Å². The van der Waals surface area contributed by atoms with Crippen molar-refractivity contribution in [2.45, 2.75) is 30.2 Å². The fraction of sp³-hybridized carbons (Fsp3) is 0.350. The fourth-order valence-corrected chi connectivity index (χ4v) is 5.06. The molecule has 7 heteroatoms. The third kappa shape index (κ3) is 3.39. The van der Waals surface area contributed by atoms with Crippen LogP contribution < -0.4 is 4.90 Å². The third-order valence-electron chi connectivity index (χ3n) is 4.78. The van der Waals surface area contributed by atoms with E-state index in [2.05, 4.69) is 18.8 Å². The lowest BCUT2D eigenvalue weighted by atomic mass is 9.92. The smallest absolute Gasteiger partial charge is 0.266 e. The number of hydrogen-bond donors (Lipinski definition) is 0. The molecule has 4 rings (SSSR count). The molecule has 1 aliphatic rings. The van der Waals surface area contributed by atoms with Gasteiger partial charge in [0, 0.05) is 13.1 Å². The van der Waals surface area contributed by atoms with E-state index in [4.69, 9.17) is 8.83 Å². The van der Waals surface area contributed by atoms with Gasteiger partial charge in [-0.3, -0.25) is 0 Å². The van der Waals surface area contributed by atoms with Gasteiger partial charge in [0.15, 0.2) is 5.76 Å². The Morgan fingerprint density at radius 1 is 1.04 bits per heavy atom. The minimum Gasteiger partial charge on any atom is -0.459 e. The number of anilines is 1. The summed E-state index contributed by atoms with van der Waals surface area (Å²) < 4.78 is 37.8. The molecule has 6 nitrogen and oxygen atoms in total. The zero-order valence-electron chi connectivity index (χ0n) is 15.3. The Labute approximate surface area is 158 Å². The molecule has 0 bridgehead atoms. The Hall–Kier alpha value is -2.54. The molecule has 1 fully saturated rings. The Morgan fingerprint density at radius 3 is 2.37 bits per heavy atom. The Bertz CT molecular complexity index is 1000. The van der Waals surface area contributed by atoms with Crippen molar-refractivity contribution in [3.05, 3.63) is 48.7 Å². The van der Waals surface area contributed by atoms with Gasteiger partial charge in [-0.1, -0.05) is 32.0 Å². The molecule has 2 aromatic heterocycles. The minimum atomic E-state index is -3.81. The highest BCUT2D eigenvalue weighted by molar-refractivity contribution is 7.91. The summed E-state index contributed by atoms with van der Waals surface area (Å²) in [5.74, 6) is 1.76. The van der Waals surface area contributed by atoms with Crippen LogP contribution >= 0.6 is 0 Å². The molecular formula is C20H22N2O4S. The number of nitrogens with zero attached hydrogens (tertiary/aromatic N) is 2. The predicted molar refractivity (Wildman–Crippen MR) is 101 cm³/mol. The largest absolute Gasteiger partial charge is 0.459 e. The predicted octanol–water partition coefficient (Wildman–Crippen LogP) is 4.25. The third-order valence-corrected chi connectivity index (χ3v) is 6.44. The molecule has 1 aliphatic heterocycles. The van der Waals surface area contributed by atoms with Crippen LogP contribution in [0.3, 0.4) is 0 Å². The zero-order chi connectivity index (χ0) is 19.0. The summed E-state index contributed by atoms with van der Waals surface area (Å²) in [4.78, 5) is 6.53. The lowest BCUT2D eigenvalue weighted by Crippen LogP contribution is -2.39. The maximum atomic E-state index is 13.3. The van der Waals surface area contributed by atoms with Crippen molar-refractivity contribution in [3.8, 4) is 11.7 Å². The van der Waals surface area contributed by atoms with Gasteiger partial charge in [-0.25, -0.2) is 8.42 Å². The highest BCUT2D eigenvalue weighted by atomic mass is 32.2. The van der Waals surface area contributed by atoms with Crippen LogP contribution in [0.5, 0.6) is 0 Å². The summed E-state index contributed by atoms with van der Waals surface area (Å²) >= 11 is 0. The van der Waals surface area contributed by atoms with Crippen molar-refractivity contribution in [3.63, 3.8) is 0 Å². The molecule has 27 heavy (non-hydrogen) atoms. The van der Waals surface area contributed by atoms with Crippen molar-refractivity contribution in [1.82, 2.24) is 4.98 Å². The maximum absolute atomic E-state index is 13.3. The number of aromatic nitrogens is 1. The van der Waals surface area contributed by atoms with Gasteiger partial charge >= 0.3 is 0 Å². The van der Waals surface area contributed by atoms with Gasteiger partial charge in [0.1, 0.15) is 0 Å². The number of hydrogen-bond acceptors (Lipinski definition) is 6. The first-order valence-corrected chi connectivity index (χ1v) is 10.5. The van der Waals surface area contributed by atoms with Crippen LogP contribution in [-0.4, -0.2) is 26.5 Å². The normalized spacial score (nSPS) is 20.7. The molecule has 142 valence electrons. The standard InChI is InChI=1S/C20H22N2O4S/c1-14-11-15(2)13-22(12-14)20-19(21-18(26-20)17-9-6-10-25-17)27(23,24)16-7-4-3-5-8-16/h3-10,14-15H,11-13H2,1-2H3/t14-,15-/m0/s1. The molecule has 3 heterocycles. The summed E-state index contributed by atoms with van der Waals surface area (Å²) in [6, 6.07) is 11.7. The number of piperidine rings is 1. The van der Waals surface area contributed by atoms with Crippen molar-refractivity contribution in [1.29, 1.82) is 0 Å². The monoisotopic (exact) mass is 386 g/mol. The molecule has 1 saturated heterocycles. The van der Waals surface area contributed by atoms with E-state index in [0.29, 0.717) is 23.5 Å². The summed E-state index contributed by atoms with van der Waals surface area (Å²) in [6.45, 7) is 5.79. The highest BCUT2D eigenvalue weighted by Crippen LogP contribution is 2.37. The number of benzene rings is 1. The second-order valence-corrected chi connectivity index (χ2v) is 9.14. The van der Waals surface area contributed by atoms with E-state index in [9.17, 15) is 8.42 Å². The molecule has 1 aromatic carbocycles. The second kappa shape index (κ2) is 6.88. The molecule has 0 saturated carbocycles. The molecule has 2 atom stereocenters. The zero-order valence-corrected chi connectivity index (χ0v) is 16.1. The van der Waals surface area contributed by atoms with E-state index in [1.165, 1.54) is 6.26 Å². The fourth-order valence-electron chi connectivity index (χ4n) is 3.72. The van der Waals surface area contributed by atoms with Crippen LogP contribution in [0.4, 0.5) is 5.88 Å². The summed E-state index contributed by atoms with van der Waals surface area (Å²) in [7, 11) is -3.81. The molecule has 0 radical (unpaired) electrons. The van der Waals surface area contributed by atoms with E-state index in [-0.39, 0.29) is 15.8 Å². The van der Waals surface area contributed by atoms with Crippen LogP contribution in [0.25, 0.3) is 11.7 Å². The first-order chi connectivity index (χ1) is 12.9. The van der Waals surface area contributed by atoms with Gasteiger partial charge in [-0.05, 0) is 42.5 Å². The lowest BCUT2D eigenvalue weighted by molar-refractivity contribution is 0.342. The molecular weight excluding hydrogens is 364 g/mol. The van der Waals surface area contributed by atoms with Crippen LogP contribution in [0.15, 0.2) is 67.5 Å². The topological polar surface area (TPSA) is 76.6 Å². The van der Waals surface area contributed by atoms with Gasteiger partial charge in [0.05, 0.1) is 11.2 Å². The van der Waals surface area contributed by atoms with Crippen molar-refractivity contribution in [2.24, 2.45) is 11.8 Å². The first-order valence-electron chi connectivity index (χ1n) is 9.05. The first kappa shape index (κ1) is 17.9. The number of sulfone groups is 1. The number of oxazole rings is 1. The average Bonchev–Trinajstić information content (AvgIpc) is 3.31. The maximum Gasteiger partial charge on any atom is 0.266 e. The Balaban J connectivity index is 1.84. The van der Waals surface area contributed by atoms with E-state index >= 15 is 0 Å². The molecule has 0 N–H and O–H groups in total. The van der Waals surface area contributed by atoms with E-state index in [1.54, 1.807) is 42.5 Å². The van der Waals surface area contributed by atoms with E-state index in [0.717, 1.165) is 19.5 Å². The van der Waals surface area contributed by atoms with Gasteiger partial charge < -0.3 is 13.7 Å². The van der Waals surface area contributed by atoms with Crippen molar-refractivity contribution in [2.75, 3.05) is 18.0 Å². The highest BCUT2D eigenvalue weighted by Gasteiger charge is 2.34. The van der Waals surface area contributed by atoms with Crippen molar-refractivity contribution < 1.29 is 17.3 Å². The number of rotatable bonds is 4. The van der Waals surface area contributed by atoms with Crippen molar-refractivity contribution >= 4 is 15.7 Å². The molecule has 0 aliphatic carbocycles. The summed E-state index contributed by atoms with van der Waals surface area (Å²) in [6.07, 6.45) is 2.62. The molecule has 0 amide bonds.